The lowest BCUT2D eigenvalue weighted by atomic mass is 10.1. The van der Waals surface area contributed by atoms with Crippen molar-refractivity contribution in [1.29, 1.82) is 0 Å². The number of rotatable bonds is 3. The topological polar surface area (TPSA) is 69.6 Å². The van der Waals surface area contributed by atoms with Gasteiger partial charge in [0.15, 0.2) is 0 Å². The molecule has 1 aromatic heterocycles. The molecule has 0 aliphatic heterocycles. The quantitative estimate of drug-likeness (QED) is 0.647. The van der Waals surface area contributed by atoms with E-state index >= 15 is 0 Å². The molecule has 0 saturated carbocycles. The highest BCUT2D eigenvalue weighted by Gasteiger charge is 2.11. The minimum atomic E-state index is 0.271. The van der Waals surface area contributed by atoms with Crippen molar-refractivity contribution in [2.75, 3.05) is 5.73 Å². The average molecular weight is 235 g/mol. The van der Waals surface area contributed by atoms with Crippen molar-refractivity contribution in [3.8, 4) is 0 Å². The molecule has 1 heterocycles. The third-order valence-corrected chi connectivity index (χ3v) is 3.43. The molecule has 0 spiro atoms. The maximum absolute atomic E-state index is 5.74. The van der Waals surface area contributed by atoms with Crippen molar-refractivity contribution >= 4 is 17.4 Å². The summed E-state index contributed by atoms with van der Waals surface area (Å²) in [4.78, 5) is 0. The Hall–Kier alpha value is -1.56. The van der Waals surface area contributed by atoms with E-state index in [2.05, 4.69) is 28.5 Å². The second kappa shape index (κ2) is 4.52. The third kappa shape index (κ3) is 2.33. The zero-order valence-electron chi connectivity index (χ0n) is 9.16. The number of benzene rings is 1. The fourth-order valence-electron chi connectivity index (χ4n) is 1.36. The van der Waals surface area contributed by atoms with Gasteiger partial charge in [-0.15, -0.1) is 5.10 Å². The van der Waals surface area contributed by atoms with Gasteiger partial charge in [0.2, 0.25) is 5.16 Å². The highest BCUT2D eigenvalue weighted by molar-refractivity contribution is 7.99. The number of tetrazole rings is 1. The van der Waals surface area contributed by atoms with Crippen LogP contribution in [0.5, 0.6) is 0 Å². The van der Waals surface area contributed by atoms with Crippen molar-refractivity contribution < 1.29 is 0 Å². The average Bonchev–Trinajstić information content (AvgIpc) is 2.64. The molecule has 0 bridgehead atoms. The lowest BCUT2D eigenvalue weighted by Gasteiger charge is -2.10. The number of thioether (sulfide) groups is 1. The lowest BCUT2D eigenvalue weighted by molar-refractivity contribution is 0.663. The van der Waals surface area contributed by atoms with Gasteiger partial charge in [-0.3, -0.25) is 0 Å². The van der Waals surface area contributed by atoms with Gasteiger partial charge in [-0.05, 0) is 35.0 Å². The molecule has 16 heavy (non-hydrogen) atoms. The molecule has 1 atom stereocenters. The van der Waals surface area contributed by atoms with Crippen LogP contribution in [0, 0.1) is 0 Å². The summed E-state index contributed by atoms with van der Waals surface area (Å²) in [5.41, 5.74) is 7.70. The molecule has 6 heteroatoms. The SMILES string of the molecule is CC(Sc1nnnn1C)c1cccc(N)c1. The first-order valence-electron chi connectivity index (χ1n) is 4.91. The van der Waals surface area contributed by atoms with E-state index in [1.807, 2.05) is 25.2 Å². The Labute approximate surface area is 98.0 Å². The predicted molar refractivity (Wildman–Crippen MR) is 63.9 cm³/mol. The summed E-state index contributed by atoms with van der Waals surface area (Å²) in [6.07, 6.45) is 0. The molecule has 0 aliphatic carbocycles. The first kappa shape index (κ1) is 10.9. The fraction of sp³-hybridized carbons (Fsp3) is 0.300. The maximum Gasteiger partial charge on any atom is 0.209 e. The lowest BCUT2D eigenvalue weighted by Crippen LogP contribution is -1.96. The van der Waals surface area contributed by atoms with E-state index in [-0.39, 0.29) is 5.25 Å². The summed E-state index contributed by atoms with van der Waals surface area (Å²) in [6.45, 7) is 2.11. The molecule has 1 unspecified atom stereocenters. The van der Waals surface area contributed by atoms with E-state index < -0.39 is 0 Å². The van der Waals surface area contributed by atoms with Crippen LogP contribution in [0.15, 0.2) is 29.4 Å². The molecule has 0 radical (unpaired) electrons. The van der Waals surface area contributed by atoms with Gasteiger partial charge in [-0.2, -0.15) is 0 Å². The van der Waals surface area contributed by atoms with Gasteiger partial charge >= 0.3 is 0 Å². The standard InChI is InChI=1S/C10H13N5S/c1-7(8-4-3-5-9(11)6-8)16-10-12-13-14-15(10)2/h3-7H,11H2,1-2H3. The largest absolute Gasteiger partial charge is 0.399 e. The minimum absolute atomic E-state index is 0.271. The van der Waals surface area contributed by atoms with E-state index in [4.69, 9.17) is 5.73 Å². The second-order valence-corrected chi connectivity index (χ2v) is 4.82. The van der Waals surface area contributed by atoms with Crippen molar-refractivity contribution in [3.63, 3.8) is 0 Å². The Morgan fingerprint density at radius 1 is 1.44 bits per heavy atom. The maximum atomic E-state index is 5.74. The van der Waals surface area contributed by atoms with Gasteiger partial charge in [-0.25, -0.2) is 4.68 Å². The summed E-state index contributed by atoms with van der Waals surface area (Å²) in [5.74, 6) is 0. The van der Waals surface area contributed by atoms with E-state index in [9.17, 15) is 0 Å². The Bertz CT molecular complexity index is 482. The summed E-state index contributed by atoms with van der Waals surface area (Å²) in [7, 11) is 1.83. The number of aromatic nitrogens is 4. The van der Waals surface area contributed by atoms with E-state index in [0.29, 0.717) is 0 Å². The molecule has 5 nitrogen and oxygen atoms in total. The van der Waals surface area contributed by atoms with Crippen LogP contribution in [-0.2, 0) is 7.05 Å². The summed E-state index contributed by atoms with van der Waals surface area (Å²) in [5, 5.41) is 12.4. The third-order valence-electron chi connectivity index (χ3n) is 2.24. The highest BCUT2D eigenvalue weighted by atomic mass is 32.2. The number of hydrogen-bond acceptors (Lipinski definition) is 5. The van der Waals surface area contributed by atoms with Crippen LogP contribution < -0.4 is 5.73 Å². The van der Waals surface area contributed by atoms with Crippen LogP contribution in [0.3, 0.4) is 0 Å². The van der Waals surface area contributed by atoms with Crippen LogP contribution in [0.2, 0.25) is 0 Å². The van der Waals surface area contributed by atoms with Crippen LogP contribution >= 0.6 is 11.8 Å². The first-order chi connectivity index (χ1) is 7.66. The second-order valence-electron chi connectivity index (χ2n) is 3.52. The number of nitrogens with two attached hydrogens (primary N) is 1. The zero-order chi connectivity index (χ0) is 11.5. The molecule has 84 valence electrons. The van der Waals surface area contributed by atoms with E-state index in [1.165, 1.54) is 5.56 Å². The molecular weight excluding hydrogens is 222 g/mol. The number of aryl methyl sites for hydroxylation is 1. The zero-order valence-corrected chi connectivity index (χ0v) is 9.98. The summed E-state index contributed by atoms with van der Waals surface area (Å²) < 4.78 is 1.66. The molecule has 2 N–H and O–H groups in total. The molecular formula is C10H13N5S. The minimum Gasteiger partial charge on any atom is -0.399 e. The molecule has 2 aromatic rings. The Morgan fingerprint density at radius 3 is 2.88 bits per heavy atom. The highest BCUT2D eigenvalue weighted by Crippen LogP contribution is 2.33. The number of nitrogen functional groups attached to an aromatic ring is 1. The summed E-state index contributed by atoms with van der Waals surface area (Å²) in [6, 6.07) is 7.86. The van der Waals surface area contributed by atoms with Crippen molar-refractivity contribution in [3.05, 3.63) is 29.8 Å². The van der Waals surface area contributed by atoms with Crippen molar-refractivity contribution in [2.24, 2.45) is 7.05 Å². The molecule has 0 aliphatic rings. The van der Waals surface area contributed by atoms with Gasteiger partial charge in [0.1, 0.15) is 0 Å². The normalized spacial score (nSPS) is 12.6. The fourth-order valence-corrected chi connectivity index (χ4v) is 2.23. The Morgan fingerprint density at radius 2 is 2.25 bits per heavy atom. The van der Waals surface area contributed by atoms with Crippen molar-refractivity contribution in [2.45, 2.75) is 17.3 Å². The molecule has 0 amide bonds. The van der Waals surface area contributed by atoms with Crippen LogP contribution in [0.1, 0.15) is 17.7 Å². The predicted octanol–water partition coefficient (Wildman–Crippen LogP) is 1.65. The summed E-state index contributed by atoms with van der Waals surface area (Å²) >= 11 is 1.61. The number of anilines is 1. The van der Waals surface area contributed by atoms with E-state index in [0.717, 1.165) is 10.8 Å². The van der Waals surface area contributed by atoms with Gasteiger partial charge in [0.05, 0.1) is 0 Å². The van der Waals surface area contributed by atoms with Gasteiger partial charge < -0.3 is 5.73 Å². The number of nitrogens with zero attached hydrogens (tertiary/aromatic N) is 4. The van der Waals surface area contributed by atoms with Crippen LogP contribution in [0.25, 0.3) is 0 Å². The van der Waals surface area contributed by atoms with Crippen LogP contribution in [-0.4, -0.2) is 20.2 Å². The van der Waals surface area contributed by atoms with Crippen molar-refractivity contribution in [1.82, 2.24) is 20.2 Å². The number of hydrogen-bond donors (Lipinski definition) is 1. The monoisotopic (exact) mass is 235 g/mol. The molecule has 2 rings (SSSR count). The molecule has 0 fully saturated rings. The van der Waals surface area contributed by atoms with Gasteiger partial charge in [-0.1, -0.05) is 23.9 Å². The Balaban J connectivity index is 2.14. The Kier molecular flexibility index (Phi) is 3.09. The molecule has 1 aromatic carbocycles. The molecule has 0 saturated heterocycles. The smallest absolute Gasteiger partial charge is 0.209 e. The van der Waals surface area contributed by atoms with Gasteiger partial charge in [0, 0.05) is 18.0 Å². The first-order valence-corrected chi connectivity index (χ1v) is 5.79. The van der Waals surface area contributed by atoms with Crippen LogP contribution in [0.4, 0.5) is 5.69 Å². The van der Waals surface area contributed by atoms with E-state index in [1.54, 1.807) is 16.4 Å². The van der Waals surface area contributed by atoms with Gasteiger partial charge in [0.25, 0.3) is 0 Å².